The number of aromatic nitrogens is 1. The predicted molar refractivity (Wildman–Crippen MR) is 82.3 cm³/mol. The SMILES string of the molecule is CCNCC(C)C(C)Cc1ccc2ccccc2n1. The first-order valence-corrected chi connectivity index (χ1v) is 7.26. The fourth-order valence-corrected chi connectivity index (χ4v) is 2.33. The summed E-state index contributed by atoms with van der Waals surface area (Å²) in [5, 5.41) is 4.65. The zero-order chi connectivity index (χ0) is 13.7. The molecule has 2 unspecified atom stereocenters. The first-order chi connectivity index (χ1) is 9.20. The summed E-state index contributed by atoms with van der Waals surface area (Å²) in [5.74, 6) is 1.32. The van der Waals surface area contributed by atoms with E-state index in [0.717, 1.165) is 25.0 Å². The van der Waals surface area contributed by atoms with Crippen LogP contribution in [-0.4, -0.2) is 18.1 Å². The molecule has 2 aromatic rings. The van der Waals surface area contributed by atoms with Crippen molar-refractivity contribution in [3.8, 4) is 0 Å². The second-order valence-electron chi connectivity index (χ2n) is 5.46. The number of nitrogens with zero attached hydrogens (tertiary/aromatic N) is 1. The molecule has 2 heteroatoms. The second-order valence-corrected chi connectivity index (χ2v) is 5.46. The molecule has 0 bridgehead atoms. The van der Waals surface area contributed by atoms with E-state index < -0.39 is 0 Å². The Labute approximate surface area is 116 Å². The predicted octanol–water partition coefficient (Wildman–Crippen LogP) is 3.66. The summed E-state index contributed by atoms with van der Waals surface area (Å²) >= 11 is 0. The van der Waals surface area contributed by atoms with Crippen LogP contribution in [0.4, 0.5) is 0 Å². The fraction of sp³-hybridized carbons (Fsp3) is 0.471. The molecule has 0 saturated heterocycles. The van der Waals surface area contributed by atoms with Gasteiger partial charge in [-0.15, -0.1) is 0 Å². The van der Waals surface area contributed by atoms with Crippen molar-refractivity contribution < 1.29 is 0 Å². The van der Waals surface area contributed by atoms with E-state index in [4.69, 9.17) is 4.98 Å². The molecule has 1 heterocycles. The molecule has 0 spiro atoms. The van der Waals surface area contributed by atoms with Crippen molar-refractivity contribution in [1.82, 2.24) is 10.3 Å². The van der Waals surface area contributed by atoms with Crippen LogP contribution in [0.25, 0.3) is 10.9 Å². The Morgan fingerprint density at radius 3 is 2.63 bits per heavy atom. The van der Waals surface area contributed by atoms with E-state index >= 15 is 0 Å². The molecule has 0 amide bonds. The van der Waals surface area contributed by atoms with Crippen molar-refractivity contribution in [2.45, 2.75) is 27.2 Å². The van der Waals surface area contributed by atoms with Gasteiger partial charge in [-0.25, -0.2) is 0 Å². The molecule has 19 heavy (non-hydrogen) atoms. The number of pyridine rings is 1. The highest BCUT2D eigenvalue weighted by molar-refractivity contribution is 5.78. The van der Waals surface area contributed by atoms with Gasteiger partial charge in [0.25, 0.3) is 0 Å². The molecule has 0 fully saturated rings. The van der Waals surface area contributed by atoms with Crippen LogP contribution in [0.3, 0.4) is 0 Å². The van der Waals surface area contributed by atoms with Crippen LogP contribution < -0.4 is 5.32 Å². The normalized spacial score (nSPS) is 14.5. The Balaban J connectivity index is 2.04. The fourth-order valence-electron chi connectivity index (χ4n) is 2.33. The smallest absolute Gasteiger partial charge is 0.0705 e. The molecular weight excluding hydrogens is 232 g/mol. The van der Waals surface area contributed by atoms with Gasteiger partial charge in [0, 0.05) is 11.1 Å². The van der Waals surface area contributed by atoms with Crippen LogP contribution in [-0.2, 0) is 6.42 Å². The molecule has 0 aliphatic heterocycles. The van der Waals surface area contributed by atoms with E-state index in [-0.39, 0.29) is 0 Å². The minimum atomic E-state index is 0.646. The van der Waals surface area contributed by atoms with E-state index in [1.807, 2.05) is 0 Å². The average molecular weight is 256 g/mol. The lowest BCUT2D eigenvalue weighted by molar-refractivity contribution is 0.366. The monoisotopic (exact) mass is 256 g/mol. The lowest BCUT2D eigenvalue weighted by Crippen LogP contribution is -2.26. The van der Waals surface area contributed by atoms with Gasteiger partial charge in [-0.2, -0.15) is 0 Å². The Hall–Kier alpha value is -1.41. The van der Waals surface area contributed by atoms with E-state index in [9.17, 15) is 0 Å². The van der Waals surface area contributed by atoms with Crippen molar-refractivity contribution in [1.29, 1.82) is 0 Å². The van der Waals surface area contributed by atoms with Crippen LogP contribution in [0.5, 0.6) is 0 Å². The van der Waals surface area contributed by atoms with Crippen LogP contribution >= 0.6 is 0 Å². The zero-order valence-corrected chi connectivity index (χ0v) is 12.2. The van der Waals surface area contributed by atoms with E-state index in [2.05, 4.69) is 62.5 Å². The number of fused-ring (bicyclic) bond motifs is 1. The maximum Gasteiger partial charge on any atom is 0.0705 e. The first-order valence-electron chi connectivity index (χ1n) is 7.26. The Morgan fingerprint density at radius 1 is 1.05 bits per heavy atom. The lowest BCUT2D eigenvalue weighted by Gasteiger charge is -2.20. The number of benzene rings is 1. The molecule has 1 aromatic carbocycles. The number of rotatable bonds is 6. The largest absolute Gasteiger partial charge is 0.317 e. The maximum absolute atomic E-state index is 4.76. The summed E-state index contributed by atoms with van der Waals surface area (Å²) in [4.78, 5) is 4.76. The molecule has 0 saturated carbocycles. The summed E-state index contributed by atoms with van der Waals surface area (Å²) in [6.07, 6.45) is 1.05. The molecule has 0 aliphatic rings. The van der Waals surface area contributed by atoms with Gasteiger partial charge in [-0.05, 0) is 43.5 Å². The summed E-state index contributed by atoms with van der Waals surface area (Å²) in [6, 6.07) is 12.7. The molecule has 2 atom stereocenters. The van der Waals surface area contributed by atoms with E-state index in [1.165, 1.54) is 11.1 Å². The average Bonchev–Trinajstić information content (AvgIpc) is 2.44. The number of para-hydroxylation sites is 1. The topological polar surface area (TPSA) is 24.9 Å². The van der Waals surface area contributed by atoms with Crippen LogP contribution in [0.1, 0.15) is 26.5 Å². The number of hydrogen-bond acceptors (Lipinski definition) is 2. The Morgan fingerprint density at radius 2 is 1.84 bits per heavy atom. The molecule has 2 rings (SSSR count). The van der Waals surface area contributed by atoms with Crippen molar-refractivity contribution >= 4 is 10.9 Å². The van der Waals surface area contributed by atoms with Crippen molar-refractivity contribution in [3.63, 3.8) is 0 Å². The summed E-state index contributed by atoms with van der Waals surface area (Å²) in [6.45, 7) is 8.92. The minimum Gasteiger partial charge on any atom is -0.317 e. The second kappa shape index (κ2) is 6.67. The lowest BCUT2D eigenvalue weighted by atomic mass is 9.91. The molecule has 1 aromatic heterocycles. The molecule has 1 N–H and O–H groups in total. The van der Waals surface area contributed by atoms with Crippen molar-refractivity contribution in [2.24, 2.45) is 11.8 Å². The van der Waals surface area contributed by atoms with E-state index in [0.29, 0.717) is 11.8 Å². The number of hydrogen-bond donors (Lipinski definition) is 1. The van der Waals surface area contributed by atoms with Gasteiger partial charge < -0.3 is 5.32 Å². The van der Waals surface area contributed by atoms with Gasteiger partial charge in [0.1, 0.15) is 0 Å². The third kappa shape index (κ3) is 3.77. The van der Waals surface area contributed by atoms with Crippen LogP contribution in [0.2, 0.25) is 0 Å². The van der Waals surface area contributed by atoms with Gasteiger partial charge in [0.15, 0.2) is 0 Å². The number of nitrogens with one attached hydrogen (secondary N) is 1. The van der Waals surface area contributed by atoms with Crippen molar-refractivity contribution in [2.75, 3.05) is 13.1 Å². The van der Waals surface area contributed by atoms with E-state index in [1.54, 1.807) is 0 Å². The highest BCUT2D eigenvalue weighted by Crippen LogP contribution is 2.18. The third-order valence-electron chi connectivity index (χ3n) is 3.87. The third-order valence-corrected chi connectivity index (χ3v) is 3.87. The van der Waals surface area contributed by atoms with Crippen molar-refractivity contribution in [3.05, 3.63) is 42.1 Å². The van der Waals surface area contributed by atoms with Crippen LogP contribution in [0.15, 0.2) is 36.4 Å². The standard InChI is InChI=1S/C17H24N2/c1-4-18-12-14(3)13(2)11-16-10-9-15-7-5-6-8-17(15)19-16/h5-10,13-14,18H,4,11-12H2,1-3H3. The Bertz CT molecular complexity index is 521. The minimum absolute atomic E-state index is 0.646. The van der Waals surface area contributed by atoms with Gasteiger partial charge in [-0.1, -0.05) is 45.0 Å². The first kappa shape index (κ1) is 14.0. The van der Waals surface area contributed by atoms with Gasteiger partial charge in [0.05, 0.1) is 5.52 Å². The highest BCUT2D eigenvalue weighted by atomic mass is 14.8. The molecule has 0 radical (unpaired) electrons. The highest BCUT2D eigenvalue weighted by Gasteiger charge is 2.13. The van der Waals surface area contributed by atoms with Gasteiger partial charge in [0.2, 0.25) is 0 Å². The Kier molecular flexibility index (Phi) is 4.92. The molecule has 2 nitrogen and oxygen atoms in total. The maximum atomic E-state index is 4.76. The van der Waals surface area contributed by atoms with Crippen LogP contribution in [0, 0.1) is 11.8 Å². The summed E-state index contributed by atoms with van der Waals surface area (Å²) in [7, 11) is 0. The van der Waals surface area contributed by atoms with Gasteiger partial charge >= 0.3 is 0 Å². The van der Waals surface area contributed by atoms with Gasteiger partial charge in [-0.3, -0.25) is 4.98 Å². The molecule has 0 aliphatic carbocycles. The molecule has 102 valence electrons. The summed E-state index contributed by atoms with van der Waals surface area (Å²) < 4.78 is 0. The quantitative estimate of drug-likeness (QED) is 0.853. The zero-order valence-electron chi connectivity index (χ0n) is 12.2. The molecular formula is C17H24N2. The summed E-state index contributed by atoms with van der Waals surface area (Å²) in [5.41, 5.74) is 2.31.